The molecule has 7 heteroatoms. The Morgan fingerprint density at radius 3 is 2.95 bits per heavy atom. The molecule has 7 nitrogen and oxygen atoms in total. The molecule has 0 atom stereocenters. The van der Waals surface area contributed by atoms with Crippen molar-refractivity contribution in [3.63, 3.8) is 0 Å². The van der Waals surface area contributed by atoms with E-state index < -0.39 is 0 Å². The molecule has 22 heavy (non-hydrogen) atoms. The van der Waals surface area contributed by atoms with Gasteiger partial charge < -0.3 is 19.5 Å². The molecule has 1 aliphatic rings. The average Bonchev–Trinajstić information content (AvgIpc) is 2.99. The first-order valence-corrected chi connectivity index (χ1v) is 7.22. The lowest BCUT2D eigenvalue weighted by Crippen LogP contribution is -2.38. The van der Waals surface area contributed by atoms with Crippen LogP contribution in [0.4, 0.5) is 5.82 Å². The summed E-state index contributed by atoms with van der Waals surface area (Å²) in [7, 11) is 0. The highest BCUT2D eigenvalue weighted by Gasteiger charge is 2.19. The highest BCUT2D eigenvalue weighted by atomic mass is 16.5. The Morgan fingerprint density at radius 1 is 1.41 bits per heavy atom. The molecule has 0 spiro atoms. The maximum atomic E-state index is 12.4. The molecular weight excluding hydrogens is 284 g/mol. The van der Waals surface area contributed by atoms with Crippen LogP contribution in [0.3, 0.4) is 0 Å². The van der Waals surface area contributed by atoms with Crippen molar-refractivity contribution in [2.75, 3.05) is 31.2 Å². The van der Waals surface area contributed by atoms with Crippen LogP contribution in [0.15, 0.2) is 28.9 Å². The van der Waals surface area contributed by atoms with Crippen molar-refractivity contribution in [1.29, 1.82) is 0 Å². The van der Waals surface area contributed by atoms with Gasteiger partial charge in [-0.25, -0.2) is 4.98 Å². The summed E-state index contributed by atoms with van der Waals surface area (Å²) in [6.45, 7) is 4.91. The number of rotatable bonds is 4. The molecule has 1 fully saturated rings. The van der Waals surface area contributed by atoms with Gasteiger partial charge in [-0.15, -0.1) is 0 Å². The van der Waals surface area contributed by atoms with E-state index in [1.54, 1.807) is 24.4 Å². The molecule has 0 unspecified atom stereocenters. The Balaban J connectivity index is 1.71. The summed E-state index contributed by atoms with van der Waals surface area (Å²) in [6.07, 6.45) is 1.70. The lowest BCUT2D eigenvalue weighted by Gasteiger charge is -2.29. The second kappa shape index (κ2) is 6.57. The maximum absolute atomic E-state index is 12.4. The van der Waals surface area contributed by atoms with Crippen LogP contribution >= 0.6 is 0 Å². The number of aryl methyl sites for hydroxylation is 1. The number of carbonyl (C=O) groups is 1. The first kappa shape index (κ1) is 14.5. The van der Waals surface area contributed by atoms with Crippen molar-refractivity contribution in [2.45, 2.75) is 13.5 Å². The Labute approximate surface area is 128 Å². The fourth-order valence-corrected chi connectivity index (χ4v) is 2.36. The Kier molecular flexibility index (Phi) is 4.34. The standard InChI is InChI=1S/C15H18N4O3/c1-11-9-12(22-18-11)10-17-15(20)13-3-2-4-16-14(13)19-5-7-21-8-6-19/h2-4,9H,5-8,10H2,1H3,(H,17,20). The molecule has 0 bridgehead atoms. The molecule has 1 amide bonds. The smallest absolute Gasteiger partial charge is 0.255 e. The van der Waals surface area contributed by atoms with E-state index in [4.69, 9.17) is 9.26 Å². The molecule has 2 aromatic rings. The minimum atomic E-state index is -0.177. The van der Waals surface area contributed by atoms with Gasteiger partial charge in [-0.3, -0.25) is 4.79 Å². The van der Waals surface area contributed by atoms with E-state index in [1.165, 1.54) is 0 Å². The number of nitrogens with zero attached hydrogens (tertiary/aromatic N) is 3. The topological polar surface area (TPSA) is 80.5 Å². The molecule has 116 valence electrons. The van der Waals surface area contributed by atoms with E-state index in [0.29, 0.717) is 36.9 Å². The second-order valence-corrected chi connectivity index (χ2v) is 5.09. The number of ether oxygens (including phenoxy) is 1. The summed E-state index contributed by atoms with van der Waals surface area (Å²) in [4.78, 5) is 18.8. The molecule has 1 aliphatic heterocycles. The van der Waals surface area contributed by atoms with E-state index in [9.17, 15) is 4.79 Å². The highest BCUT2D eigenvalue weighted by Crippen LogP contribution is 2.18. The van der Waals surface area contributed by atoms with Gasteiger partial charge in [0, 0.05) is 25.4 Å². The van der Waals surface area contributed by atoms with Gasteiger partial charge in [0.1, 0.15) is 5.82 Å². The van der Waals surface area contributed by atoms with Crippen LogP contribution in [-0.2, 0) is 11.3 Å². The van der Waals surface area contributed by atoms with Crippen molar-refractivity contribution in [3.05, 3.63) is 41.4 Å². The van der Waals surface area contributed by atoms with Gasteiger partial charge in [-0.2, -0.15) is 0 Å². The third-order valence-corrected chi connectivity index (χ3v) is 3.44. The molecule has 0 aliphatic carbocycles. The zero-order chi connectivity index (χ0) is 15.4. The quantitative estimate of drug-likeness (QED) is 0.912. The first-order valence-electron chi connectivity index (χ1n) is 7.22. The van der Waals surface area contributed by atoms with Gasteiger partial charge in [-0.1, -0.05) is 5.16 Å². The molecule has 0 aromatic carbocycles. The van der Waals surface area contributed by atoms with Gasteiger partial charge >= 0.3 is 0 Å². The molecule has 0 saturated carbocycles. The average molecular weight is 302 g/mol. The molecular formula is C15H18N4O3. The Hall–Kier alpha value is -2.41. The second-order valence-electron chi connectivity index (χ2n) is 5.09. The van der Waals surface area contributed by atoms with Crippen LogP contribution in [0.1, 0.15) is 21.8 Å². The molecule has 0 radical (unpaired) electrons. The van der Waals surface area contributed by atoms with E-state index in [2.05, 4.69) is 20.4 Å². The van der Waals surface area contributed by atoms with Gasteiger partial charge in [0.15, 0.2) is 5.76 Å². The maximum Gasteiger partial charge on any atom is 0.255 e. The van der Waals surface area contributed by atoms with Crippen LogP contribution in [0.2, 0.25) is 0 Å². The van der Waals surface area contributed by atoms with Crippen molar-refractivity contribution in [3.8, 4) is 0 Å². The van der Waals surface area contributed by atoms with Crippen LogP contribution in [0, 0.1) is 6.92 Å². The summed E-state index contributed by atoms with van der Waals surface area (Å²) >= 11 is 0. The zero-order valence-electron chi connectivity index (χ0n) is 12.4. The van der Waals surface area contributed by atoms with E-state index in [0.717, 1.165) is 18.8 Å². The number of carbonyl (C=O) groups excluding carboxylic acids is 1. The van der Waals surface area contributed by atoms with Gasteiger partial charge in [0.25, 0.3) is 5.91 Å². The molecule has 3 rings (SSSR count). The van der Waals surface area contributed by atoms with Gasteiger partial charge in [-0.05, 0) is 19.1 Å². The summed E-state index contributed by atoms with van der Waals surface area (Å²) < 4.78 is 10.4. The summed E-state index contributed by atoms with van der Waals surface area (Å²) in [5.74, 6) is 1.14. The predicted molar refractivity (Wildman–Crippen MR) is 79.7 cm³/mol. The highest BCUT2D eigenvalue weighted by molar-refractivity contribution is 5.98. The van der Waals surface area contributed by atoms with Crippen molar-refractivity contribution in [1.82, 2.24) is 15.5 Å². The summed E-state index contributed by atoms with van der Waals surface area (Å²) in [5, 5.41) is 6.63. The number of aromatic nitrogens is 2. The number of amides is 1. The SMILES string of the molecule is Cc1cc(CNC(=O)c2cccnc2N2CCOCC2)on1. The van der Waals surface area contributed by atoms with Crippen molar-refractivity contribution < 1.29 is 14.1 Å². The number of morpholine rings is 1. The number of anilines is 1. The van der Waals surface area contributed by atoms with Crippen LogP contribution in [0.5, 0.6) is 0 Å². The molecule has 2 aromatic heterocycles. The minimum absolute atomic E-state index is 0.177. The predicted octanol–water partition coefficient (Wildman–Crippen LogP) is 1.14. The lowest BCUT2D eigenvalue weighted by molar-refractivity contribution is 0.0945. The fraction of sp³-hybridized carbons (Fsp3) is 0.400. The molecule has 1 N–H and O–H groups in total. The molecule has 3 heterocycles. The minimum Gasteiger partial charge on any atom is -0.378 e. The van der Waals surface area contributed by atoms with Crippen molar-refractivity contribution in [2.24, 2.45) is 0 Å². The third-order valence-electron chi connectivity index (χ3n) is 3.44. The summed E-state index contributed by atoms with van der Waals surface area (Å²) in [6, 6.07) is 5.34. The Morgan fingerprint density at radius 2 is 2.23 bits per heavy atom. The number of hydrogen-bond acceptors (Lipinski definition) is 6. The molecule has 1 saturated heterocycles. The van der Waals surface area contributed by atoms with E-state index in [-0.39, 0.29) is 5.91 Å². The number of nitrogens with one attached hydrogen (secondary N) is 1. The zero-order valence-corrected chi connectivity index (χ0v) is 12.4. The van der Waals surface area contributed by atoms with Gasteiger partial charge in [0.05, 0.1) is 31.0 Å². The van der Waals surface area contributed by atoms with Crippen LogP contribution in [0.25, 0.3) is 0 Å². The first-order chi connectivity index (χ1) is 10.7. The normalized spacial score (nSPS) is 14.9. The largest absolute Gasteiger partial charge is 0.378 e. The fourth-order valence-electron chi connectivity index (χ4n) is 2.36. The number of pyridine rings is 1. The Bertz CT molecular complexity index is 650. The van der Waals surface area contributed by atoms with Crippen LogP contribution < -0.4 is 10.2 Å². The van der Waals surface area contributed by atoms with E-state index in [1.807, 2.05) is 6.92 Å². The number of hydrogen-bond donors (Lipinski definition) is 1. The van der Waals surface area contributed by atoms with Crippen LogP contribution in [-0.4, -0.2) is 42.4 Å². The van der Waals surface area contributed by atoms with E-state index >= 15 is 0 Å². The monoisotopic (exact) mass is 302 g/mol. The summed E-state index contributed by atoms with van der Waals surface area (Å²) in [5.41, 5.74) is 1.35. The third kappa shape index (κ3) is 3.25. The van der Waals surface area contributed by atoms with Gasteiger partial charge in [0.2, 0.25) is 0 Å². The van der Waals surface area contributed by atoms with Crippen molar-refractivity contribution >= 4 is 11.7 Å². The lowest BCUT2D eigenvalue weighted by atomic mass is 10.2.